The Labute approximate surface area is 205 Å². The second-order valence-corrected chi connectivity index (χ2v) is 10.7. The van der Waals surface area contributed by atoms with Crippen LogP contribution in [0.1, 0.15) is 36.1 Å². The molecule has 0 aliphatic carbocycles. The van der Waals surface area contributed by atoms with Gasteiger partial charge >= 0.3 is 5.97 Å². The van der Waals surface area contributed by atoms with E-state index >= 15 is 0 Å². The van der Waals surface area contributed by atoms with Crippen LogP contribution < -0.4 is 0 Å². The molecular weight excluding hydrogens is 444 g/mol. The van der Waals surface area contributed by atoms with Crippen LogP contribution in [0.25, 0.3) is 0 Å². The van der Waals surface area contributed by atoms with Gasteiger partial charge in [0.25, 0.3) is 0 Å². The average Bonchev–Trinajstić information content (AvgIpc) is 3.26. The number of hydrogen-bond acceptors (Lipinski definition) is 5. The van der Waals surface area contributed by atoms with E-state index in [1.807, 2.05) is 42.5 Å². The summed E-state index contributed by atoms with van der Waals surface area (Å²) >= 11 is 1.69. The molecule has 2 heterocycles. The van der Waals surface area contributed by atoms with Crippen molar-refractivity contribution in [2.24, 2.45) is 5.41 Å². The fourth-order valence-corrected chi connectivity index (χ4v) is 6.19. The van der Waals surface area contributed by atoms with Gasteiger partial charge in [-0.1, -0.05) is 85.8 Å². The number of benzene rings is 3. The van der Waals surface area contributed by atoms with Gasteiger partial charge < -0.3 is 14.2 Å². The van der Waals surface area contributed by atoms with Crippen LogP contribution in [0.2, 0.25) is 0 Å². The maximum Gasteiger partial charge on any atom is 0.307 e. The molecule has 0 radical (unpaired) electrons. The zero-order valence-electron chi connectivity index (χ0n) is 19.3. The van der Waals surface area contributed by atoms with Crippen molar-refractivity contribution in [3.63, 3.8) is 0 Å². The molecule has 2 saturated heterocycles. The van der Waals surface area contributed by atoms with Crippen molar-refractivity contribution in [1.29, 1.82) is 0 Å². The van der Waals surface area contributed by atoms with Crippen LogP contribution in [0.5, 0.6) is 0 Å². The van der Waals surface area contributed by atoms with E-state index in [1.54, 1.807) is 11.8 Å². The van der Waals surface area contributed by atoms with E-state index in [9.17, 15) is 4.79 Å². The maximum absolute atomic E-state index is 13.4. The van der Waals surface area contributed by atoms with Crippen LogP contribution in [-0.4, -0.2) is 31.1 Å². The molecular formula is C29H30O4S. The number of carbonyl (C=O) groups excluding carboxylic acids is 1. The Morgan fingerprint density at radius 2 is 1.65 bits per heavy atom. The van der Waals surface area contributed by atoms with E-state index in [2.05, 4.69) is 55.5 Å². The summed E-state index contributed by atoms with van der Waals surface area (Å²) in [6, 6.07) is 30.7. The molecule has 2 aliphatic heterocycles. The van der Waals surface area contributed by atoms with Gasteiger partial charge in [-0.3, -0.25) is 4.79 Å². The topological polar surface area (TPSA) is 44.8 Å². The van der Waals surface area contributed by atoms with Gasteiger partial charge in [0.2, 0.25) is 0 Å². The lowest BCUT2D eigenvalue weighted by Gasteiger charge is -2.43. The lowest BCUT2D eigenvalue weighted by molar-refractivity contribution is -0.221. The van der Waals surface area contributed by atoms with Gasteiger partial charge in [0.15, 0.2) is 12.4 Å². The summed E-state index contributed by atoms with van der Waals surface area (Å²) in [5.74, 6) is -0.223. The third-order valence-electron chi connectivity index (χ3n) is 6.66. The lowest BCUT2D eigenvalue weighted by atomic mass is 9.73. The molecule has 0 saturated carbocycles. The van der Waals surface area contributed by atoms with Crippen molar-refractivity contribution in [3.8, 4) is 0 Å². The Morgan fingerprint density at radius 3 is 2.35 bits per heavy atom. The summed E-state index contributed by atoms with van der Waals surface area (Å²) in [6.07, 6.45) is 0.992. The highest BCUT2D eigenvalue weighted by molar-refractivity contribution is 7.99. The predicted octanol–water partition coefficient (Wildman–Crippen LogP) is 6.22. The highest BCUT2D eigenvalue weighted by Crippen LogP contribution is 2.45. The third kappa shape index (κ3) is 5.38. The van der Waals surface area contributed by atoms with Crippen molar-refractivity contribution in [2.75, 3.05) is 6.61 Å². The fourth-order valence-electron chi connectivity index (χ4n) is 5.03. The molecule has 4 nitrogen and oxygen atoms in total. The zero-order valence-corrected chi connectivity index (χ0v) is 20.2. The first-order valence-corrected chi connectivity index (χ1v) is 12.7. The minimum Gasteiger partial charge on any atom is -0.456 e. The molecule has 3 aromatic rings. The third-order valence-corrected chi connectivity index (χ3v) is 7.92. The van der Waals surface area contributed by atoms with Gasteiger partial charge in [-0.05, 0) is 36.1 Å². The Balaban J connectivity index is 1.34. The number of esters is 1. The predicted molar refractivity (Wildman–Crippen MR) is 133 cm³/mol. The summed E-state index contributed by atoms with van der Waals surface area (Å²) in [6.45, 7) is 2.75. The standard InChI is InChI=1S/C29H30O4S/c1-29(18-21-11-5-2-6-12-21)19-23-20-31-28(32-23)27(29)33-26(30)17-25(22-13-7-3-8-14-22)34-24-15-9-4-10-16-24/h2-16,23,25,27-28H,17-20H2,1H3/t23-,25?,27+,28+,29-/m0/s1. The van der Waals surface area contributed by atoms with Gasteiger partial charge in [-0.25, -0.2) is 0 Å². The van der Waals surface area contributed by atoms with Gasteiger partial charge in [-0.2, -0.15) is 0 Å². The van der Waals surface area contributed by atoms with Crippen LogP contribution in [0.3, 0.4) is 0 Å². The molecule has 34 heavy (non-hydrogen) atoms. The van der Waals surface area contributed by atoms with Crippen molar-refractivity contribution in [1.82, 2.24) is 0 Å². The quantitative estimate of drug-likeness (QED) is 0.287. The summed E-state index contributed by atoms with van der Waals surface area (Å²) < 4.78 is 18.1. The van der Waals surface area contributed by atoms with Crippen molar-refractivity contribution < 1.29 is 19.0 Å². The van der Waals surface area contributed by atoms with Crippen molar-refractivity contribution in [3.05, 3.63) is 102 Å². The van der Waals surface area contributed by atoms with Crippen LogP contribution in [0.15, 0.2) is 95.9 Å². The van der Waals surface area contributed by atoms with Crippen molar-refractivity contribution >= 4 is 17.7 Å². The molecule has 2 fully saturated rings. The summed E-state index contributed by atoms with van der Waals surface area (Å²) in [5, 5.41) is -0.0433. The minimum atomic E-state index is -0.506. The molecule has 5 heteroatoms. The molecule has 5 rings (SSSR count). The number of rotatable bonds is 8. The molecule has 2 bridgehead atoms. The van der Waals surface area contributed by atoms with E-state index in [4.69, 9.17) is 14.2 Å². The van der Waals surface area contributed by atoms with E-state index < -0.39 is 12.4 Å². The number of hydrogen-bond donors (Lipinski definition) is 0. The first kappa shape index (κ1) is 23.2. The van der Waals surface area contributed by atoms with Gasteiger partial charge in [0.1, 0.15) is 0 Å². The van der Waals surface area contributed by atoms with E-state index in [0.29, 0.717) is 6.61 Å². The first-order valence-electron chi connectivity index (χ1n) is 11.9. The lowest BCUT2D eigenvalue weighted by Crippen LogP contribution is -2.51. The van der Waals surface area contributed by atoms with Crippen LogP contribution >= 0.6 is 11.8 Å². The molecule has 0 amide bonds. The molecule has 176 valence electrons. The molecule has 0 aromatic heterocycles. The zero-order chi connectivity index (χ0) is 23.4. The van der Waals surface area contributed by atoms with Gasteiger partial charge in [0, 0.05) is 15.6 Å². The summed E-state index contributed by atoms with van der Waals surface area (Å²) in [4.78, 5) is 14.5. The molecule has 0 N–H and O–H groups in total. The maximum atomic E-state index is 13.4. The smallest absolute Gasteiger partial charge is 0.307 e. The SMILES string of the molecule is C[C@]1(Cc2ccccc2)C[C@H]2CO[C@H](O2)[C@H]1OC(=O)CC(Sc1ccccc1)c1ccccc1. The largest absolute Gasteiger partial charge is 0.456 e. The van der Waals surface area contributed by atoms with Crippen LogP contribution in [-0.2, 0) is 25.4 Å². The average molecular weight is 475 g/mol. The second-order valence-electron chi connectivity index (χ2n) is 9.43. The summed E-state index contributed by atoms with van der Waals surface area (Å²) in [5.41, 5.74) is 2.09. The van der Waals surface area contributed by atoms with E-state index in [1.165, 1.54) is 5.56 Å². The number of ether oxygens (including phenoxy) is 3. The fraction of sp³-hybridized carbons (Fsp3) is 0.345. The number of carbonyl (C=O) groups is 1. The molecule has 3 aromatic carbocycles. The molecule has 0 spiro atoms. The highest BCUT2D eigenvalue weighted by atomic mass is 32.2. The Bertz CT molecular complexity index is 1080. The van der Waals surface area contributed by atoms with Gasteiger partial charge in [0.05, 0.1) is 19.1 Å². The summed E-state index contributed by atoms with van der Waals surface area (Å²) in [7, 11) is 0. The number of thioether (sulfide) groups is 1. The molecule has 1 unspecified atom stereocenters. The van der Waals surface area contributed by atoms with Gasteiger partial charge in [-0.15, -0.1) is 11.8 Å². The normalized spacial score (nSPS) is 26.7. The van der Waals surface area contributed by atoms with E-state index in [0.717, 1.165) is 23.3 Å². The Hall–Kier alpha value is -2.60. The first-order chi connectivity index (χ1) is 16.6. The van der Waals surface area contributed by atoms with Crippen LogP contribution in [0.4, 0.5) is 0 Å². The number of fused-ring (bicyclic) bond motifs is 2. The molecule has 5 atom stereocenters. The Morgan fingerprint density at radius 1 is 1.00 bits per heavy atom. The van der Waals surface area contributed by atoms with Crippen LogP contribution in [0, 0.1) is 5.41 Å². The van der Waals surface area contributed by atoms with E-state index in [-0.39, 0.29) is 29.2 Å². The monoisotopic (exact) mass is 474 g/mol. The highest BCUT2D eigenvalue weighted by Gasteiger charge is 2.53. The molecule has 2 aliphatic rings. The van der Waals surface area contributed by atoms with Crippen molar-refractivity contribution in [2.45, 2.75) is 54.8 Å². The minimum absolute atomic E-state index is 0.0433. The Kier molecular flexibility index (Phi) is 7.05. The second kappa shape index (κ2) is 10.3.